The topological polar surface area (TPSA) is 55.9 Å². The first kappa shape index (κ1) is 45.5. The summed E-state index contributed by atoms with van der Waals surface area (Å²) >= 11 is 0. The van der Waals surface area contributed by atoms with Gasteiger partial charge in [0, 0.05) is 50.6 Å². The number of imidazole rings is 1. The van der Waals surface area contributed by atoms with Gasteiger partial charge in [-0.25, -0.2) is 4.98 Å². The molecule has 0 aliphatic carbocycles. The molecule has 0 radical (unpaired) electrons. The Morgan fingerprint density at radius 2 is 1.00 bits per heavy atom. The highest BCUT2D eigenvalue weighted by atomic mass is 16.3. The maximum atomic E-state index is 12.5. The van der Waals surface area contributed by atoms with Gasteiger partial charge in [-0.05, 0) is 110 Å². The summed E-state index contributed by atoms with van der Waals surface area (Å²) in [7, 11) is 0. The molecule has 0 unspecified atom stereocenters. The minimum absolute atomic E-state index is 0.107. The molecule has 5 nitrogen and oxygen atoms in total. The number of fused-ring (bicyclic) bond motifs is 4. The molecule has 3 aromatic heterocycles. The molecule has 0 aliphatic rings. The third kappa shape index (κ3) is 8.22. The van der Waals surface area contributed by atoms with Gasteiger partial charge < -0.3 is 9.67 Å². The van der Waals surface area contributed by atoms with Crippen LogP contribution in [0.2, 0.25) is 0 Å². The van der Waals surface area contributed by atoms with E-state index in [1.165, 1.54) is 32.9 Å². The van der Waals surface area contributed by atoms with Gasteiger partial charge >= 0.3 is 0 Å². The van der Waals surface area contributed by atoms with Crippen molar-refractivity contribution in [1.82, 2.24) is 19.1 Å². The number of aromatic nitrogens is 4. The SMILES string of the molecule is CC(C)(C)c1cc(-n2c(-c3cc(C(C)(C)C)cc(C(C)(C)C)c3O)nc3c(-c4cccc(-c5cc(-c6cccc7c8ccccc8n(-c8ccccc8)c67)ccn5)c4)cccc32)cc(C(C)(C)C)c1. The summed E-state index contributed by atoms with van der Waals surface area (Å²) in [6, 6.07) is 56.8. The zero-order chi connectivity index (χ0) is 48.8. The van der Waals surface area contributed by atoms with Crippen LogP contribution in [0, 0.1) is 0 Å². The molecular formula is C64H64N4O. The van der Waals surface area contributed by atoms with E-state index in [-0.39, 0.29) is 27.4 Å². The second kappa shape index (κ2) is 16.5. The van der Waals surface area contributed by atoms with Gasteiger partial charge in [0.1, 0.15) is 11.6 Å². The normalized spacial score (nSPS) is 12.7. The first-order chi connectivity index (χ1) is 32.7. The molecule has 0 bridgehead atoms. The lowest BCUT2D eigenvalue weighted by molar-refractivity contribution is 0.446. The summed E-state index contributed by atoms with van der Waals surface area (Å²) < 4.78 is 4.68. The minimum atomic E-state index is -0.313. The van der Waals surface area contributed by atoms with Crippen molar-refractivity contribution in [2.75, 3.05) is 0 Å². The molecule has 0 saturated heterocycles. The zero-order valence-corrected chi connectivity index (χ0v) is 42.3. The van der Waals surface area contributed by atoms with Gasteiger partial charge in [-0.15, -0.1) is 0 Å². The van der Waals surface area contributed by atoms with Crippen LogP contribution in [-0.4, -0.2) is 24.2 Å². The van der Waals surface area contributed by atoms with Crippen LogP contribution >= 0.6 is 0 Å². The monoisotopic (exact) mass is 905 g/mol. The van der Waals surface area contributed by atoms with Gasteiger partial charge in [-0.3, -0.25) is 9.55 Å². The largest absolute Gasteiger partial charge is 0.507 e. The van der Waals surface area contributed by atoms with Gasteiger partial charge in [-0.1, -0.05) is 180 Å². The Kier molecular flexibility index (Phi) is 10.9. The van der Waals surface area contributed by atoms with E-state index < -0.39 is 0 Å². The summed E-state index contributed by atoms with van der Waals surface area (Å²) in [4.78, 5) is 10.6. The molecule has 10 aromatic rings. The van der Waals surface area contributed by atoms with Gasteiger partial charge in [-0.2, -0.15) is 0 Å². The number of nitrogens with zero attached hydrogens (tertiary/aromatic N) is 4. The van der Waals surface area contributed by atoms with Crippen molar-refractivity contribution < 1.29 is 5.11 Å². The van der Waals surface area contributed by atoms with Crippen LogP contribution in [0.1, 0.15) is 105 Å². The first-order valence-electron chi connectivity index (χ1n) is 24.4. The number of hydrogen-bond donors (Lipinski definition) is 1. The lowest BCUT2D eigenvalue weighted by Crippen LogP contribution is -2.18. The number of phenolic OH excluding ortho intramolecular Hbond substituents is 1. The van der Waals surface area contributed by atoms with Crippen molar-refractivity contribution >= 4 is 32.8 Å². The fourth-order valence-corrected chi connectivity index (χ4v) is 9.89. The highest BCUT2D eigenvalue weighted by molar-refractivity contribution is 6.14. The van der Waals surface area contributed by atoms with Crippen LogP contribution in [0.3, 0.4) is 0 Å². The summed E-state index contributed by atoms with van der Waals surface area (Å²) in [5, 5.41) is 14.9. The van der Waals surface area contributed by atoms with Crippen molar-refractivity contribution in [3.63, 3.8) is 0 Å². The van der Waals surface area contributed by atoms with Crippen LogP contribution < -0.4 is 0 Å². The van der Waals surface area contributed by atoms with Gasteiger partial charge in [0.25, 0.3) is 0 Å². The first-order valence-corrected chi connectivity index (χ1v) is 24.4. The van der Waals surface area contributed by atoms with E-state index in [9.17, 15) is 5.11 Å². The number of pyridine rings is 1. The Hall–Kier alpha value is -7.24. The molecule has 0 amide bonds. The molecule has 5 heteroatoms. The number of aromatic hydroxyl groups is 1. The Bertz CT molecular complexity index is 3560. The van der Waals surface area contributed by atoms with Gasteiger partial charge in [0.15, 0.2) is 0 Å². The number of hydrogen-bond acceptors (Lipinski definition) is 3. The van der Waals surface area contributed by atoms with Crippen molar-refractivity contribution in [3.05, 3.63) is 186 Å². The fourth-order valence-electron chi connectivity index (χ4n) is 9.89. The van der Waals surface area contributed by atoms with E-state index in [1.807, 2.05) is 6.20 Å². The molecular weight excluding hydrogens is 841 g/mol. The molecule has 0 saturated carbocycles. The van der Waals surface area contributed by atoms with E-state index in [0.717, 1.165) is 72.6 Å². The van der Waals surface area contributed by atoms with E-state index in [0.29, 0.717) is 5.82 Å². The van der Waals surface area contributed by atoms with E-state index >= 15 is 0 Å². The van der Waals surface area contributed by atoms with Crippen LogP contribution in [0.25, 0.3) is 89.1 Å². The zero-order valence-electron chi connectivity index (χ0n) is 42.3. The van der Waals surface area contributed by atoms with Crippen molar-refractivity contribution in [2.24, 2.45) is 0 Å². The molecule has 7 aromatic carbocycles. The molecule has 0 atom stereocenters. The summed E-state index contributed by atoms with van der Waals surface area (Å²) in [5.74, 6) is 0.981. The highest BCUT2D eigenvalue weighted by Gasteiger charge is 2.30. The average molecular weight is 905 g/mol. The predicted molar refractivity (Wildman–Crippen MR) is 291 cm³/mol. The molecule has 0 fully saturated rings. The lowest BCUT2D eigenvalue weighted by Gasteiger charge is -2.28. The lowest BCUT2D eigenvalue weighted by atomic mass is 9.78. The Labute approximate surface area is 408 Å². The van der Waals surface area contributed by atoms with E-state index in [2.05, 4.69) is 250 Å². The van der Waals surface area contributed by atoms with Crippen LogP contribution in [0.15, 0.2) is 164 Å². The summed E-state index contributed by atoms with van der Waals surface area (Å²) in [5.41, 5.74) is 17.1. The Balaban J connectivity index is 1.18. The molecule has 69 heavy (non-hydrogen) atoms. The van der Waals surface area contributed by atoms with Gasteiger partial charge in [0.2, 0.25) is 0 Å². The van der Waals surface area contributed by atoms with Crippen molar-refractivity contribution in [3.8, 4) is 62.0 Å². The maximum Gasteiger partial charge on any atom is 0.149 e. The van der Waals surface area contributed by atoms with Crippen molar-refractivity contribution in [1.29, 1.82) is 0 Å². The second-order valence-corrected chi connectivity index (χ2v) is 23.0. The highest BCUT2D eigenvalue weighted by Crippen LogP contribution is 2.46. The van der Waals surface area contributed by atoms with Crippen molar-refractivity contribution in [2.45, 2.75) is 105 Å². The quantitative estimate of drug-likeness (QED) is 0.181. The molecule has 0 spiro atoms. The van der Waals surface area contributed by atoms with Gasteiger partial charge in [0.05, 0.1) is 33.3 Å². The standard InChI is InChI=1S/C64H64N4O/c1-61(2,3)43-35-44(62(4,5)6)37-47(36-43)68-56-30-20-26-48(57(56)66-60(68)52-38-45(63(7,8)9)39-53(59(52)69)64(10,11)12)40-21-18-22-42(33-40)54-34-41(31-32-65-54)49-27-19-28-51-50-25-16-17-29-55(50)67(58(49)51)46-23-14-13-15-24-46/h13-39,69H,1-12H3. The smallest absolute Gasteiger partial charge is 0.149 e. The maximum absolute atomic E-state index is 12.5. The van der Waals surface area contributed by atoms with E-state index in [1.54, 1.807) is 0 Å². The second-order valence-electron chi connectivity index (χ2n) is 23.0. The minimum Gasteiger partial charge on any atom is -0.507 e. The third-order valence-corrected chi connectivity index (χ3v) is 13.9. The summed E-state index contributed by atoms with van der Waals surface area (Å²) in [6.07, 6.45) is 1.93. The molecule has 3 heterocycles. The molecule has 1 N–H and O–H groups in total. The predicted octanol–water partition coefficient (Wildman–Crippen LogP) is 17.1. The number of benzene rings is 7. The number of para-hydroxylation sites is 4. The summed E-state index contributed by atoms with van der Waals surface area (Å²) in [6.45, 7) is 26.9. The Morgan fingerprint density at radius 3 is 1.70 bits per heavy atom. The third-order valence-electron chi connectivity index (χ3n) is 13.9. The average Bonchev–Trinajstić information content (AvgIpc) is 3.87. The number of phenols is 1. The molecule has 0 aliphatic heterocycles. The fraction of sp³-hybridized carbons (Fsp3) is 0.250. The number of rotatable bonds is 6. The Morgan fingerprint density at radius 1 is 0.420 bits per heavy atom. The van der Waals surface area contributed by atoms with Crippen LogP contribution in [0.4, 0.5) is 0 Å². The molecule has 10 rings (SSSR count). The van der Waals surface area contributed by atoms with Crippen LogP contribution in [0.5, 0.6) is 5.75 Å². The van der Waals surface area contributed by atoms with E-state index in [4.69, 9.17) is 9.97 Å². The molecule has 346 valence electrons. The van der Waals surface area contributed by atoms with Crippen LogP contribution in [-0.2, 0) is 21.7 Å².